The highest BCUT2D eigenvalue weighted by Crippen LogP contribution is 2.52. The van der Waals surface area contributed by atoms with Gasteiger partial charge in [-0.3, -0.25) is 34.8 Å². The maximum atomic E-state index is 13.6. The molecule has 0 N–H and O–H groups in total. The predicted molar refractivity (Wildman–Crippen MR) is 149 cm³/mol. The van der Waals surface area contributed by atoms with E-state index in [1.165, 1.54) is 24.3 Å². The molecule has 206 valence electrons. The summed E-state index contributed by atoms with van der Waals surface area (Å²) in [6, 6.07) is 30.8. The van der Waals surface area contributed by atoms with Gasteiger partial charge in [-0.05, 0) is 34.4 Å². The standard InChI is InChI=1S/C31H26N4O6/c36-31-29-28(23-11-15-25(16-12-23)34(37)38)32(19-21-7-3-1-4-8-21)30(24-13-17-26(18-14-24)35(39)40)33(29)27(20-41-31)22-9-5-2-6-10-22/h1-18,27-30H,19-20H2/t27-,28-,29+,30-/m1/s1. The normalized spacial score (nSPS) is 22.6. The van der Waals surface area contributed by atoms with Crippen molar-refractivity contribution in [3.05, 3.63) is 152 Å². The molecule has 0 unspecified atom stereocenters. The summed E-state index contributed by atoms with van der Waals surface area (Å²) in [6.45, 7) is 0.598. The van der Waals surface area contributed by atoms with Crippen LogP contribution in [0.1, 0.15) is 40.5 Å². The van der Waals surface area contributed by atoms with E-state index in [-0.39, 0.29) is 30.0 Å². The van der Waals surface area contributed by atoms with Crippen LogP contribution in [0.4, 0.5) is 11.4 Å². The van der Waals surface area contributed by atoms with Crippen molar-refractivity contribution in [3.63, 3.8) is 0 Å². The number of nitrogens with zero attached hydrogens (tertiary/aromatic N) is 4. The van der Waals surface area contributed by atoms with Gasteiger partial charge in [-0.1, -0.05) is 72.8 Å². The fraction of sp³-hybridized carbons (Fsp3) is 0.194. The first kappa shape index (κ1) is 26.3. The zero-order valence-electron chi connectivity index (χ0n) is 21.9. The number of nitro groups is 2. The second kappa shape index (κ2) is 10.9. The molecule has 0 amide bonds. The van der Waals surface area contributed by atoms with E-state index in [4.69, 9.17) is 4.74 Å². The predicted octanol–water partition coefficient (Wildman–Crippen LogP) is 5.73. The van der Waals surface area contributed by atoms with Crippen LogP contribution in [0.15, 0.2) is 109 Å². The highest BCUT2D eigenvalue weighted by molar-refractivity contribution is 5.79. The van der Waals surface area contributed by atoms with Crippen molar-refractivity contribution in [3.8, 4) is 0 Å². The number of esters is 1. The Bertz CT molecular complexity index is 1560. The van der Waals surface area contributed by atoms with Crippen LogP contribution in [0.3, 0.4) is 0 Å². The first-order valence-electron chi connectivity index (χ1n) is 13.2. The van der Waals surface area contributed by atoms with Gasteiger partial charge in [0.25, 0.3) is 11.4 Å². The van der Waals surface area contributed by atoms with E-state index in [0.29, 0.717) is 6.54 Å². The molecule has 4 atom stereocenters. The van der Waals surface area contributed by atoms with Crippen LogP contribution < -0.4 is 0 Å². The van der Waals surface area contributed by atoms with Crippen LogP contribution in [0.25, 0.3) is 0 Å². The van der Waals surface area contributed by atoms with Crippen LogP contribution >= 0.6 is 0 Å². The Morgan fingerprint density at radius 3 is 1.78 bits per heavy atom. The van der Waals surface area contributed by atoms with Crippen LogP contribution in [-0.4, -0.2) is 38.3 Å². The number of morpholine rings is 1. The molecule has 2 aliphatic heterocycles. The minimum absolute atomic E-state index is 0.0255. The van der Waals surface area contributed by atoms with E-state index in [2.05, 4.69) is 9.80 Å². The minimum atomic E-state index is -0.737. The molecule has 10 heteroatoms. The number of carbonyl (C=O) groups excluding carboxylic acids is 1. The summed E-state index contributed by atoms with van der Waals surface area (Å²) in [7, 11) is 0. The fourth-order valence-corrected chi connectivity index (χ4v) is 5.99. The van der Waals surface area contributed by atoms with Gasteiger partial charge in [-0.2, -0.15) is 0 Å². The molecule has 0 saturated carbocycles. The van der Waals surface area contributed by atoms with Gasteiger partial charge in [0, 0.05) is 30.8 Å². The SMILES string of the molecule is O=C1OC[C@H](c2ccccc2)N2[C@H]1[C@@H](c1ccc([N+](=O)[O-])cc1)N(Cc1ccccc1)[C@H]2c1ccc([N+](=O)[O-])cc1. The molecule has 4 aromatic carbocycles. The zero-order valence-corrected chi connectivity index (χ0v) is 21.9. The number of non-ortho nitro benzene ring substituents is 2. The van der Waals surface area contributed by atoms with Crippen LogP contribution in [0.5, 0.6) is 0 Å². The number of fused-ring (bicyclic) bond motifs is 1. The van der Waals surface area contributed by atoms with Crippen molar-refractivity contribution in [2.45, 2.75) is 30.8 Å². The van der Waals surface area contributed by atoms with Gasteiger partial charge in [0.15, 0.2) is 0 Å². The fourth-order valence-electron chi connectivity index (χ4n) is 5.99. The van der Waals surface area contributed by atoms with Crippen LogP contribution in [0.2, 0.25) is 0 Å². The van der Waals surface area contributed by atoms with Crippen molar-refractivity contribution in [2.24, 2.45) is 0 Å². The first-order chi connectivity index (χ1) is 19.9. The number of rotatable bonds is 7. The molecule has 2 heterocycles. The monoisotopic (exact) mass is 550 g/mol. The highest BCUT2D eigenvalue weighted by atomic mass is 16.6. The molecule has 4 aromatic rings. The van der Waals surface area contributed by atoms with E-state index in [1.807, 2.05) is 60.7 Å². The Hall–Kier alpha value is -4.93. The summed E-state index contributed by atoms with van der Waals surface area (Å²) in [5.41, 5.74) is 3.44. The number of carbonyl (C=O) groups is 1. The van der Waals surface area contributed by atoms with Gasteiger partial charge in [0.1, 0.15) is 12.6 Å². The molecule has 0 bridgehead atoms. The maximum absolute atomic E-state index is 13.6. The van der Waals surface area contributed by atoms with E-state index < -0.39 is 28.1 Å². The zero-order chi connectivity index (χ0) is 28.5. The van der Waals surface area contributed by atoms with Crippen molar-refractivity contribution in [2.75, 3.05) is 6.61 Å². The van der Waals surface area contributed by atoms with E-state index >= 15 is 0 Å². The van der Waals surface area contributed by atoms with Crippen molar-refractivity contribution in [1.82, 2.24) is 9.80 Å². The van der Waals surface area contributed by atoms with Crippen LogP contribution in [-0.2, 0) is 16.1 Å². The lowest BCUT2D eigenvalue weighted by Gasteiger charge is -2.40. The second-order valence-corrected chi connectivity index (χ2v) is 10.1. The molecular formula is C31H26N4O6. The number of hydrogen-bond acceptors (Lipinski definition) is 8. The van der Waals surface area contributed by atoms with Gasteiger partial charge >= 0.3 is 5.97 Å². The molecule has 2 fully saturated rings. The Morgan fingerprint density at radius 1 is 0.683 bits per heavy atom. The van der Waals surface area contributed by atoms with Gasteiger partial charge in [0.2, 0.25) is 0 Å². The van der Waals surface area contributed by atoms with Crippen molar-refractivity contribution >= 4 is 17.3 Å². The molecule has 41 heavy (non-hydrogen) atoms. The van der Waals surface area contributed by atoms with E-state index in [1.54, 1.807) is 24.3 Å². The number of cyclic esters (lactones) is 1. The number of benzene rings is 4. The van der Waals surface area contributed by atoms with Crippen molar-refractivity contribution < 1.29 is 19.4 Å². The van der Waals surface area contributed by atoms with Crippen molar-refractivity contribution in [1.29, 1.82) is 0 Å². The van der Waals surface area contributed by atoms with E-state index in [9.17, 15) is 25.0 Å². The summed E-state index contributed by atoms with van der Waals surface area (Å²) < 4.78 is 5.80. The Kier molecular flexibility index (Phi) is 7.00. The topological polar surface area (TPSA) is 119 Å². The quantitative estimate of drug-likeness (QED) is 0.163. The third-order valence-electron chi connectivity index (χ3n) is 7.80. The van der Waals surface area contributed by atoms with Crippen LogP contribution in [0, 0.1) is 20.2 Å². The number of nitro benzene ring substituents is 2. The van der Waals surface area contributed by atoms with Gasteiger partial charge in [0.05, 0.1) is 28.1 Å². The summed E-state index contributed by atoms with van der Waals surface area (Å²) in [5.74, 6) is -0.386. The summed E-state index contributed by atoms with van der Waals surface area (Å²) in [6.07, 6.45) is -0.459. The Balaban J connectivity index is 1.54. The summed E-state index contributed by atoms with van der Waals surface area (Å²) in [5, 5.41) is 22.8. The van der Waals surface area contributed by atoms with Gasteiger partial charge in [-0.25, -0.2) is 0 Å². The molecule has 10 nitrogen and oxygen atoms in total. The molecule has 2 saturated heterocycles. The number of ether oxygens (including phenoxy) is 1. The molecule has 0 spiro atoms. The summed E-state index contributed by atoms with van der Waals surface area (Å²) >= 11 is 0. The number of hydrogen-bond donors (Lipinski definition) is 0. The second-order valence-electron chi connectivity index (χ2n) is 10.1. The lowest BCUT2D eigenvalue weighted by atomic mass is 9.95. The average molecular weight is 551 g/mol. The highest BCUT2D eigenvalue weighted by Gasteiger charge is 2.57. The minimum Gasteiger partial charge on any atom is -0.462 e. The van der Waals surface area contributed by atoms with E-state index in [0.717, 1.165) is 22.3 Å². The largest absolute Gasteiger partial charge is 0.462 e. The average Bonchev–Trinajstić information content (AvgIpc) is 3.33. The van der Waals surface area contributed by atoms with Gasteiger partial charge in [-0.15, -0.1) is 0 Å². The lowest BCUT2D eigenvalue weighted by molar-refractivity contribution is -0.385. The Morgan fingerprint density at radius 2 is 1.22 bits per heavy atom. The van der Waals surface area contributed by atoms with Gasteiger partial charge < -0.3 is 4.74 Å². The molecule has 6 rings (SSSR count). The molecule has 0 radical (unpaired) electrons. The first-order valence-corrected chi connectivity index (χ1v) is 13.2. The molecule has 0 aromatic heterocycles. The molecular weight excluding hydrogens is 524 g/mol. The smallest absolute Gasteiger partial charge is 0.325 e. The molecule has 0 aliphatic carbocycles. The third kappa shape index (κ3) is 4.94. The Labute approximate surface area is 235 Å². The lowest BCUT2D eigenvalue weighted by Crippen LogP contribution is -2.49. The third-order valence-corrected chi connectivity index (χ3v) is 7.80. The molecule has 2 aliphatic rings. The summed E-state index contributed by atoms with van der Waals surface area (Å²) in [4.78, 5) is 39.9. The maximum Gasteiger partial charge on any atom is 0.325 e.